The van der Waals surface area contributed by atoms with E-state index in [2.05, 4.69) is 0 Å². The first kappa shape index (κ1) is 21.8. The first-order chi connectivity index (χ1) is 14.6. The number of likely N-dealkylation sites (tertiary alicyclic amines) is 1. The number of amides is 1. The molecule has 6 nitrogen and oxygen atoms in total. The topological polar surface area (TPSA) is 56.1 Å². The minimum atomic E-state index is -0.476. The lowest BCUT2D eigenvalue weighted by Gasteiger charge is -2.39. The van der Waals surface area contributed by atoms with Gasteiger partial charge in [0, 0.05) is 31.0 Å². The molecule has 2 aromatic heterocycles. The molecule has 1 saturated heterocycles. The third kappa shape index (κ3) is 4.60. The molecule has 3 heterocycles. The van der Waals surface area contributed by atoms with Crippen LogP contribution >= 0.6 is 23.2 Å². The summed E-state index contributed by atoms with van der Waals surface area (Å²) >= 11 is 12.7. The number of carbonyl (C=O) groups excluding carboxylic acids is 1. The Bertz CT molecular complexity index is 1130. The SMILES string of the molecule is COc1ccc(Cl)c(Cl)c1-c1ccn2cc(CC3CN(C(=O)OC(C)(C)C)C3)nc2c1. The van der Waals surface area contributed by atoms with Gasteiger partial charge in [-0.3, -0.25) is 0 Å². The Hall–Kier alpha value is -2.44. The highest BCUT2D eigenvalue weighted by Gasteiger charge is 2.34. The number of pyridine rings is 1. The lowest BCUT2D eigenvalue weighted by Crippen LogP contribution is -2.52. The molecule has 1 aliphatic rings. The van der Waals surface area contributed by atoms with Crippen molar-refractivity contribution in [3.63, 3.8) is 0 Å². The van der Waals surface area contributed by atoms with Crippen molar-refractivity contribution in [3.05, 3.63) is 52.4 Å². The van der Waals surface area contributed by atoms with Gasteiger partial charge in [-0.25, -0.2) is 9.78 Å². The van der Waals surface area contributed by atoms with Crippen LogP contribution < -0.4 is 4.74 Å². The monoisotopic (exact) mass is 461 g/mol. The van der Waals surface area contributed by atoms with Crippen LogP contribution in [0.5, 0.6) is 5.75 Å². The second kappa shape index (κ2) is 8.24. The summed E-state index contributed by atoms with van der Waals surface area (Å²) in [5.41, 5.74) is 2.95. The molecule has 8 heteroatoms. The highest BCUT2D eigenvalue weighted by atomic mass is 35.5. The molecule has 164 valence electrons. The second-order valence-corrected chi connectivity index (χ2v) is 9.59. The maximum atomic E-state index is 12.1. The van der Waals surface area contributed by atoms with E-state index < -0.39 is 5.60 Å². The van der Waals surface area contributed by atoms with Gasteiger partial charge in [-0.2, -0.15) is 0 Å². The molecular weight excluding hydrogens is 437 g/mol. The summed E-state index contributed by atoms with van der Waals surface area (Å²) in [5.74, 6) is 1.03. The molecule has 0 spiro atoms. The summed E-state index contributed by atoms with van der Waals surface area (Å²) in [4.78, 5) is 18.6. The molecule has 3 aromatic rings. The number of methoxy groups -OCH3 is 1. The molecule has 0 radical (unpaired) electrons. The van der Waals surface area contributed by atoms with Crippen LogP contribution in [0.15, 0.2) is 36.7 Å². The van der Waals surface area contributed by atoms with Gasteiger partial charge < -0.3 is 18.8 Å². The van der Waals surface area contributed by atoms with Gasteiger partial charge >= 0.3 is 6.09 Å². The zero-order chi connectivity index (χ0) is 22.3. The van der Waals surface area contributed by atoms with Crippen molar-refractivity contribution in [3.8, 4) is 16.9 Å². The number of fused-ring (bicyclic) bond motifs is 1. The summed E-state index contributed by atoms with van der Waals surface area (Å²) < 4.78 is 12.9. The molecule has 1 aliphatic heterocycles. The van der Waals surface area contributed by atoms with E-state index in [1.807, 2.05) is 49.7 Å². The number of aromatic nitrogens is 2. The highest BCUT2D eigenvalue weighted by molar-refractivity contribution is 6.44. The average molecular weight is 462 g/mol. The molecule has 1 amide bonds. The maximum absolute atomic E-state index is 12.1. The number of halogens is 2. The highest BCUT2D eigenvalue weighted by Crippen LogP contribution is 2.40. The Morgan fingerprint density at radius 3 is 2.65 bits per heavy atom. The van der Waals surface area contributed by atoms with E-state index in [0.29, 0.717) is 34.8 Å². The van der Waals surface area contributed by atoms with Gasteiger partial charge in [-0.05, 0) is 62.9 Å². The summed E-state index contributed by atoms with van der Waals surface area (Å²) in [6.07, 6.45) is 4.52. The Morgan fingerprint density at radius 2 is 1.97 bits per heavy atom. The molecule has 4 rings (SSSR count). The molecule has 0 bridgehead atoms. The summed E-state index contributed by atoms with van der Waals surface area (Å²) in [6, 6.07) is 7.46. The van der Waals surface area contributed by atoms with Gasteiger partial charge in [0.25, 0.3) is 0 Å². The van der Waals surface area contributed by atoms with Crippen LogP contribution in [0.4, 0.5) is 4.79 Å². The molecule has 0 unspecified atom stereocenters. The van der Waals surface area contributed by atoms with Gasteiger partial charge in [0.05, 0.1) is 22.8 Å². The normalized spacial score (nSPS) is 14.6. The van der Waals surface area contributed by atoms with Crippen molar-refractivity contribution >= 4 is 34.9 Å². The van der Waals surface area contributed by atoms with Gasteiger partial charge in [0.1, 0.15) is 17.0 Å². The van der Waals surface area contributed by atoms with Crippen LogP contribution in [0.3, 0.4) is 0 Å². The number of carbonyl (C=O) groups is 1. The Labute approximate surface area is 191 Å². The Kier molecular flexibility index (Phi) is 5.79. The van der Waals surface area contributed by atoms with E-state index >= 15 is 0 Å². The van der Waals surface area contributed by atoms with E-state index in [0.717, 1.165) is 28.9 Å². The molecular formula is C23H25Cl2N3O3. The van der Waals surface area contributed by atoms with Crippen molar-refractivity contribution in [1.82, 2.24) is 14.3 Å². The second-order valence-electron chi connectivity index (χ2n) is 8.81. The molecule has 0 atom stereocenters. The van der Waals surface area contributed by atoms with E-state index in [-0.39, 0.29) is 6.09 Å². The van der Waals surface area contributed by atoms with E-state index in [1.165, 1.54) is 0 Å². The molecule has 1 aromatic carbocycles. The maximum Gasteiger partial charge on any atom is 0.410 e. The number of hydrogen-bond acceptors (Lipinski definition) is 4. The average Bonchev–Trinajstić information content (AvgIpc) is 3.06. The zero-order valence-electron chi connectivity index (χ0n) is 18.0. The fourth-order valence-electron chi connectivity index (χ4n) is 3.73. The van der Waals surface area contributed by atoms with E-state index in [4.69, 9.17) is 37.7 Å². The number of benzene rings is 1. The fourth-order valence-corrected chi connectivity index (χ4v) is 4.15. The van der Waals surface area contributed by atoms with Gasteiger partial charge in [0.15, 0.2) is 0 Å². The van der Waals surface area contributed by atoms with Crippen LogP contribution in [0, 0.1) is 5.92 Å². The van der Waals surface area contributed by atoms with Crippen molar-refractivity contribution in [2.45, 2.75) is 32.8 Å². The van der Waals surface area contributed by atoms with Crippen molar-refractivity contribution < 1.29 is 14.3 Å². The molecule has 0 saturated carbocycles. The third-order valence-corrected chi connectivity index (χ3v) is 5.99. The minimum absolute atomic E-state index is 0.254. The summed E-state index contributed by atoms with van der Waals surface area (Å²) in [6.45, 7) is 6.99. The summed E-state index contributed by atoms with van der Waals surface area (Å²) in [5, 5.41) is 0.926. The predicted octanol–water partition coefficient (Wildman–Crippen LogP) is 5.73. The Balaban J connectivity index is 1.49. The van der Waals surface area contributed by atoms with Crippen molar-refractivity contribution in [2.75, 3.05) is 20.2 Å². The number of hydrogen-bond donors (Lipinski definition) is 0. The van der Waals surface area contributed by atoms with Crippen LogP contribution in [0.1, 0.15) is 26.5 Å². The summed E-state index contributed by atoms with van der Waals surface area (Å²) in [7, 11) is 1.61. The van der Waals surface area contributed by atoms with Crippen molar-refractivity contribution in [2.24, 2.45) is 5.92 Å². The smallest absolute Gasteiger partial charge is 0.410 e. The molecule has 0 aliphatic carbocycles. The largest absolute Gasteiger partial charge is 0.496 e. The fraction of sp³-hybridized carbons (Fsp3) is 0.391. The third-order valence-electron chi connectivity index (χ3n) is 5.18. The van der Waals surface area contributed by atoms with Crippen LogP contribution in [0.25, 0.3) is 16.8 Å². The first-order valence-corrected chi connectivity index (χ1v) is 10.9. The van der Waals surface area contributed by atoms with Crippen LogP contribution in [-0.4, -0.2) is 46.2 Å². The standard InChI is InChI=1S/C23H25Cl2N3O3/c1-23(2,3)31-22(29)28-11-14(12-28)9-16-13-27-8-7-15(10-19(27)26-16)20-18(30-4)6-5-17(24)21(20)25/h5-8,10,13-14H,9,11-12H2,1-4H3. The lowest BCUT2D eigenvalue weighted by molar-refractivity contribution is -0.000992. The number of nitrogens with zero attached hydrogens (tertiary/aromatic N) is 3. The number of imidazole rings is 1. The van der Waals surface area contributed by atoms with Crippen LogP contribution in [0.2, 0.25) is 10.0 Å². The molecule has 1 fully saturated rings. The quantitative estimate of drug-likeness (QED) is 0.497. The number of ether oxygens (including phenoxy) is 2. The lowest BCUT2D eigenvalue weighted by atomic mass is 9.95. The number of rotatable bonds is 4. The van der Waals surface area contributed by atoms with Gasteiger partial charge in [-0.15, -0.1) is 0 Å². The predicted molar refractivity (Wildman–Crippen MR) is 122 cm³/mol. The molecule has 0 N–H and O–H groups in total. The van der Waals surface area contributed by atoms with E-state index in [9.17, 15) is 4.79 Å². The molecule has 31 heavy (non-hydrogen) atoms. The van der Waals surface area contributed by atoms with E-state index in [1.54, 1.807) is 24.1 Å². The Morgan fingerprint density at radius 1 is 1.23 bits per heavy atom. The zero-order valence-corrected chi connectivity index (χ0v) is 19.5. The van der Waals surface area contributed by atoms with Gasteiger partial charge in [0.2, 0.25) is 0 Å². The van der Waals surface area contributed by atoms with Crippen LogP contribution in [-0.2, 0) is 11.2 Å². The van der Waals surface area contributed by atoms with Crippen molar-refractivity contribution in [1.29, 1.82) is 0 Å². The van der Waals surface area contributed by atoms with Gasteiger partial charge in [-0.1, -0.05) is 23.2 Å². The first-order valence-electron chi connectivity index (χ1n) is 10.1. The minimum Gasteiger partial charge on any atom is -0.496 e.